The number of carbonyl (C=O) groups excluding carboxylic acids is 1. The van der Waals surface area contributed by atoms with Crippen LogP contribution in [0.4, 0.5) is 0 Å². The third-order valence-corrected chi connectivity index (χ3v) is 2.56. The lowest BCUT2D eigenvalue weighted by molar-refractivity contribution is -0.127. The maximum Gasteiger partial charge on any atom is 0.271 e. The molecule has 2 rings (SSSR count). The summed E-state index contributed by atoms with van der Waals surface area (Å²) in [4.78, 5) is 13.6. The van der Waals surface area contributed by atoms with Gasteiger partial charge in [-0.25, -0.2) is 0 Å². The molecule has 0 aromatic rings. The Hall–Kier alpha value is -1.49. The van der Waals surface area contributed by atoms with E-state index in [4.69, 9.17) is 0 Å². The fraction of sp³-hybridized carbons (Fsp3) is 0.583. The van der Waals surface area contributed by atoms with Crippen LogP contribution < -0.4 is 10.9 Å². The highest BCUT2D eigenvalue weighted by Gasteiger charge is 2.27. The van der Waals surface area contributed by atoms with E-state index in [9.17, 15) is 9.90 Å². The molecular weight excluding hydrogens is 218 g/mol. The molecular formula is C12H21N3O2. The quantitative estimate of drug-likeness (QED) is 0.623. The molecule has 0 aromatic carbocycles. The van der Waals surface area contributed by atoms with Crippen molar-refractivity contribution in [2.24, 2.45) is 0 Å². The smallest absolute Gasteiger partial charge is 0.271 e. The highest BCUT2D eigenvalue weighted by Crippen LogP contribution is 2.13. The van der Waals surface area contributed by atoms with Crippen LogP contribution in [0.3, 0.4) is 0 Å². The second-order valence-electron chi connectivity index (χ2n) is 3.91. The summed E-state index contributed by atoms with van der Waals surface area (Å²) < 4.78 is 0. The van der Waals surface area contributed by atoms with Gasteiger partial charge in [0.1, 0.15) is 5.70 Å². The van der Waals surface area contributed by atoms with Crippen LogP contribution in [0.2, 0.25) is 0 Å². The van der Waals surface area contributed by atoms with Gasteiger partial charge in [-0.15, -0.1) is 0 Å². The van der Waals surface area contributed by atoms with E-state index in [-0.39, 0.29) is 12.0 Å². The van der Waals surface area contributed by atoms with Crippen LogP contribution in [-0.4, -0.2) is 35.1 Å². The molecule has 1 saturated heterocycles. The number of rotatable bonds is 1. The van der Waals surface area contributed by atoms with Crippen molar-refractivity contribution in [1.82, 2.24) is 15.8 Å². The Morgan fingerprint density at radius 1 is 1.53 bits per heavy atom. The lowest BCUT2D eigenvalue weighted by Gasteiger charge is -2.21. The van der Waals surface area contributed by atoms with E-state index in [1.807, 2.05) is 20.8 Å². The summed E-state index contributed by atoms with van der Waals surface area (Å²) in [5.74, 6) is -0.0634. The topological polar surface area (TPSA) is 64.6 Å². The number of aliphatic hydroxyl groups excluding tert-OH is 1. The van der Waals surface area contributed by atoms with Crippen LogP contribution >= 0.6 is 0 Å². The van der Waals surface area contributed by atoms with Crippen molar-refractivity contribution in [2.45, 2.75) is 33.3 Å². The van der Waals surface area contributed by atoms with Gasteiger partial charge in [0.15, 0.2) is 0 Å². The van der Waals surface area contributed by atoms with Crippen LogP contribution in [-0.2, 0) is 4.79 Å². The zero-order valence-electron chi connectivity index (χ0n) is 10.7. The number of carbonyl (C=O) groups is 1. The molecule has 1 amide bonds. The number of hydrazine groups is 1. The molecule has 5 nitrogen and oxygen atoms in total. The molecule has 0 radical (unpaired) electrons. The van der Waals surface area contributed by atoms with Gasteiger partial charge < -0.3 is 15.4 Å². The first-order valence-electron chi connectivity index (χ1n) is 6.04. The molecule has 1 atom stereocenters. The van der Waals surface area contributed by atoms with Gasteiger partial charge in [-0.1, -0.05) is 13.8 Å². The van der Waals surface area contributed by atoms with Gasteiger partial charge in [-0.3, -0.25) is 10.2 Å². The lowest BCUT2D eigenvalue weighted by Crippen LogP contribution is -2.40. The number of nitrogens with one attached hydrogen (secondary N) is 2. The van der Waals surface area contributed by atoms with Crippen molar-refractivity contribution in [2.75, 3.05) is 13.1 Å². The van der Waals surface area contributed by atoms with E-state index < -0.39 is 0 Å². The van der Waals surface area contributed by atoms with Gasteiger partial charge in [0, 0.05) is 19.3 Å². The summed E-state index contributed by atoms with van der Waals surface area (Å²) in [7, 11) is 0. The second kappa shape index (κ2) is 6.30. The molecule has 2 aliphatic heterocycles. The Kier molecular flexibility index (Phi) is 5.03. The Morgan fingerprint density at radius 3 is 2.76 bits per heavy atom. The van der Waals surface area contributed by atoms with Crippen LogP contribution in [0.25, 0.3) is 0 Å². The van der Waals surface area contributed by atoms with Gasteiger partial charge in [0.2, 0.25) is 0 Å². The lowest BCUT2D eigenvalue weighted by atomic mass is 10.2. The molecule has 2 heterocycles. The van der Waals surface area contributed by atoms with Crippen molar-refractivity contribution >= 4 is 5.91 Å². The third kappa shape index (κ3) is 3.49. The Labute approximate surface area is 102 Å². The van der Waals surface area contributed by atoms with Gasteiger partial charge in [-0.05, 0) is 25.0 Å². The van der Waals surface area contributed by atoms with E-state index in [2.05, 4.69) is 10.9 Å². The molecule has 0 aliphatic carbocycles. The fourth-order valence-electron chi connectivity index (χ4n) is 1.74. The molecule has 2 aliphatic rings. The summed E-state index contributed by atoms with van der Waals surface area (Å²) in [5.41, 5.74) is 7.14. The monoisotopic (exact) mass is 239 g/mol. The van der Waals surface area contributed by atoms with E-state index in [1.54, 1.807) is 17.2 Å². The highest BCUT2D eigenvalue weighted by molar-refractivity contribution is 5.93. The molecule has 17 heavy (non-hydrogen) atoms. The standard InChI is InChI=1S/C10H15N3O2.C2H6/c1-7-4-9(12-11-5-7)10(15)13-3-2-8(14)6-13;1-2/h4-5,8,11-12,14H,2-3,6H2,1H3;1-2H3. The average Bonchev–Trinajstić information content (AvgIpc) is 2.77. The van der Waals surface area contributed by atoms with Crippen molar-refractivity contribution in [3.8, 4) is 0 Å². The van der Waals surface area contributed by atoms with E-state index in [0.717, 1.165) is 5.57 Å². The van der Waals surface area contributed by atoms with Crippen molar-refractivity contribution in [1.29, 1.82) is 0 Å². The van der Waals surface area contributed by atoms with Crippen LogP contribution in [0.5, 0.6) is 0 Å². The minimum Gasteiger partial charge on any atom is -0.391 e. The van der Waals surface area contributed by atoms with E-state index in [0.29, 0.717) is 25.2 Å². The zero-order valence-corrected chi connectivity index (χ0v) is 10.7. The average molecular weight is 239 g/mol. The maximum absolute atomic E-state index is 11.9. The number of hydrogen-bond acceptors (Lipinski definition) is 4. The zero-order chi connectivity index (χ0) is 12.8. The molecule has 0 aromatic heterocycles. The Bertz CT molecular complexity index is 337. The highest BCUT2D eigenvalue weighted by atomic mass is 16.3. The summed E-state index contributed by atoms with van der Waals surface area (Å²) in [6, 6.07) is 0. The fourth-order valence-corrected chi connectivity index (χ4v) is 1.74. The van der Waals surface area contributed by atoms with Crippen LogP contribution in [0, 0.1) is 0 Å². The predicted molar refractivity (Wildman–Crippen MR) is 66.7 cm³/mol. The van der Waals surface area contributed by atoms with Crippen molar-refractivity contribution < 1.29 is 9.90 Å². The number of aliphatic hydroxyl groups is 1. The molecule has 5 heteroatoms. The SMILES string of the molecule is CC.CC1=CNNC(C(=O)N2CCC(O)C2)=C1. The third-order valence-electron chi connectivity index (χ3n) is 2.56. The minimum absolute atomic E-state index is 0.0634. The second-order valence-corrected chi connectivity index (χ2v) is 3.91. The molecule has 0 spiro atoms. The van der Waals surface area contributed by atoms with Gasteiger partial charge in [0.05, 0.1) is 6.10 Å². The van der Waals surface area contributed by atoms with Crippen LogP contribution in [0.15, 0.2) is 23.5 Å². The summed E-state index contributed by atoms with van der Waals surface area (Å²) in [6.07, 6.45) is 3.88. The van der Waals surface area contributed by atoms with Gasteiger partial charge in [0.25, 0.3) is 5.91 Å². The molecule has 96 valence electrons. The van der Waals surface area contributed by atoms with E-state index >= 15 is 0 Å². The normalized spacial score (nSPS) is 22.6. The van der Waals surface area contributed by atoms with Crippen molar-refractivity contribution in [3.05, 3.63) is 23.5 Å². The number of amides is 1. The Balaban J connectivity index is 0.000000686. The minimum atomic E-state index is -0.372. The molecule has 3 N–H and O–H groups in total. The van der Waals surface area contributed by atoms with E-state index in [1.165, 1.54) is 0 Å². The molecule has 0 bridgehead atoms. The summed E-state index contributed by atoms with van der Waals surface area (Å²) in [5, 5.41) is 9.34. The molecule has 1 unspecified atom stereocenters. The number of β-amino-alcohol motifs (C(OH)–C–C–N with tert-alkyl or cyclic N) is 1. The first kappa shape index (κ1) is 13.6. The summed E-state index contributed by atoms with van der Waals surface area (Å²) in [6.45, 7) is 6.97. The largest absolute Gasteiger partial charge is 0.391 e. The number of allylic oxidation sites excluding steroid dienone is 2. The number of nitrogens with zero attached hydrogens (tertiary/aromatic N) is 1. The van der Waals surface area contributed by atoms with Gasteiger partial charge in [-0.2, -0.15) is 0 Å². The first-order chi connectivity index (χ1) is 8.16. The van der Waals surface area contributed by atoms with Gasteiger partial charge >= 0.3 is 0 Å². The van der Waals surface area contributed by atoms with Crippen LogP contribution in [0.1, 0.15) is 27.2 Å². The molecule has 0 saturated carbocycles. The maximum atomic E-state index is 11.9. The molecule has 1 fully saturated rings. The predicted octanol–water partition coefficient (Wildman–Crippen LogP) is 0.501. The summed E-state index contributed by atoms with van der Waals surface area (Å²) >= 11 is 0. The number of likely N-dealkylation sites (tertiary alicyclic amines) is 1. The number of hydrogen-bond donors (Lipinski definition) is 3. The first-order valence-corrected chi connectivity index (χ1v) is 6.04. The van der Waals surface area contributed by atoms with Crippen molar-refractivity contribution in [3.63, 3.8) is 0 Å². The Morgan fingerprint density at radius 2 is 2.24 bits per heavy atom.